The van der Waals surface area contributed by atoms with Crippen LogP contribution in [-0.2, 0) is 6.42 Å². The minimum absolute atomic E-state index is 0.0957. The standard InChI is InChI=1S/C19H22FNO2/c20-19-4-2-1-3-16(19)13-15-9-10-21(14-15)11-12-23-18-7-5-17(22)6-8-18/h1-8,15,22H,9-14H2. The maximum absolute atomic E-state index is 13.7. The van der Waals surface area contributed by atoms with Gasteiger partial charge in [0, 0.05) is 13.1 Å². The van der Waals surface area contributed by atoms with Gasteiger partial charge in [-0.1, -0.05) is 18.2 Å². The Morgan fingerprint density at radius 1 is 1.13 bits per heavy atom. The monoisotopic (exact) mass is 315 g/mol. The number of phenolic OH excluding ortho intramolecular Hbond substituents is 1. The van der Waals surface area contributed by atoms with E-state index in [2.05, 4.69) is 4.90 Å². The molecule has 2 aromatic rings. The minimum Gasteiger partial charge on any atom is -0.508 e. The van der Waals surface area contributed by atoms with Crippen LogP contribution in [0.15, 0.2) is 48.5 Å². The number of rotatable bonds is 6. The van der Waals surface area contributed by atoms with Gasteiger partial charge in [-0.3, -0.25) is 4.90 Å². The summed E-state index contributed by atoms with van der Waals surface area (Å²) in [7, 11) is 0. The molecule has 1 aliphatic heterocycles. The van der Waals surface area contributed by atoms with Crippen molar-refractivity contribution in [3.05, 3.63) is 59.9 Å². The maximum Gasteiger partial charge on any atom is 0.126 e. The second kappa shape index (κ2) is 7.47. The third-order valence-electron chi connectivity index (χ3n) is 4.35. The summed E-state index contributed by atoms with van der Waals surface area (Å²) in [6.07, 6.45) is 1.91. The van der Waals surface area contributed by atoms with E-state index >= 15 is 0 Å². The summed E-state index contributed by atoms with van der Waals surface area (Å²) in [5.74, 6) is 1.43. The normalized spacial score (nSPS) is 18.2. The van der Waals surface area contributed by atoms with Crippen molar-refractivity contribution < 1.29 is 14.2 Å². The maximum atomic E-state index is 13.7. The van der Waals surface area contributed by atoms with Crippen LogP contribution in [0.4, 0.5) is 4.39 Å². The fourth-order valence-electron chi connectivity index (χ4n) is 3.09. The van der Waals surface area contributed by atoms with E-state index in [4.69, 9.17) is 4.74 Å². The van der Waals surface area contributed by atoms with Crippen molar-refractivity contribution >= 4 is 0 Å². The zero-order chi connectivity index (χ0) is 16.1. The summed E-state index contributed by atoms with van der Waals surface area (Å²) in [5, 5.41) is 9.23. The van der Waals surface area contributed by atoms with Crippen molar-refractivity contribution in [2.75, 3.05) is 26.2 Å². The molecule has 1 N–H and O–H groups in total. The Morgan fingerprint density at radius 2 is 1.91 bits per heavy atom. The van der Waals surface area contributed by atoms with Gasteiger partial charge in [-0.05, 0) is 61.2 Å². The molecule has 4 heteroatoms. The molecular weight excluding hydrogens is 293 g/mol. The van der Waals surface area contributed by atoms with Gasteiger partial charge in [0.25, 0.3) is 0 Å². The Bertz CT molecular complexity index is 630. The number of nitrogens with zero attached hydrogens (tertiary/aromatic N) is 1. The van der Waals surface area contributed by atoms with Gasteiger partial charge in [0.15, 0.2) is 0 Å². The number of ether oxygens (including phenoxy) is 1. The fraction of sp³-hybridized carbons (Fsp3) is 0.368. The lowest BCUT2D eigenvalue weighted by Gasteiger charge is -2.16. The zero-order valence-electron chi connectivity index (χ0n) is 13.1. The molecule has 1 unspecified atom stereocenters. The van der Waals surface area contributed by atoms with E-state index in [0.29, 0.717) is 12.5 Å². The molecule has 0 amide bonds. The van der Waals surface area contributed by atoms with Gasteiger partial charge < -0.3 is 9.84 Å². The molecule has 122 valence electrons. The average Bonchev–Trinajstić information content (AvgIpc) is 2.99. The molecule has 0 spiro atoms. The second-order valence-electron chi connectivity index (χ2n) is 6.09. The van der Waals surface area contributed by atoms with Gasteiger partial charge >= 0.3 is 0 Å². The first kappa shape index (κ1) is 15.8. The Kier molecular flexibility index (Phi) is 5.13. The van der Waals surface area contributed by atoms with E-state index in [-0.39, 0.29) is 11.6 Å². The Labute approximate surface area is 136 Å². The lowest BCUT2D eigenvalue weighted by Crippen LogP contribution is -2.26. The number of aromatic hydroxyl groups is 1. The molecule has 0 radical (unpaired) electrons. The highest BCUT2D eigenvalue weighted by Gasteiger charge is 2.23. The minimum atomic E-state index is -0.0957. The molecule has 1 fully saturated rings. The quantitative estimate of drug-likeness (QED) is 0.886. The molecule has 0 saturated carbocycles. The molecule has 0 aromatic heterocycles. The molecule has 0 aliphatic carbocycles. The summed E-state index contributed by atoms with van der Waals surface area (Å²) in [4.78, 5) is 2.37. The molecule has 1 heterocycles. The summed E-state index contributed by atoms with van der Waals surface area (Å²) in [6, 6.07) is 13.8. The van der Waals surface area contributed by atoms with Crippen molar-refractivity contribution in [1.82, 2.24) is 4.90 Å². The van der Waals surface area contributed by atoms with Crippen molar-refractivity contribution in [2.24, 2.45) is 5.92 Å². The van der Waals surface area contributed by atoms with E-state index in [1.54, 1.807) is 30.3 Å². The van der Waals surface area contributed by atoms with Crippen LogP contribution in [0.2, 0.25) is 0 Å². The van der Waals surface area contributed by atoms with E-state index in [0.717, 1.165) is 43.8 Å². The van der Waals surface area contributed by atoms with Crippen molar-refractivity contribution in [2.45, 2.75) is 12.8 Å². The van der Waals surface area contributed by atoms with Crippen LogP contribution in [0.1, 0.15) is 12.0 Å². The highest BCUT2D eigenvalue weighted by atomic mass is 19.1. The van der Waals surface area contributed by atoms with Gasteiger partial charge in [-0.25, -0.2) is 4.39 Å². The number of hydrogen-bond donors (Lipinski definition) is 1. The zero-order valence-corrected chi connectivity index (χ0v) is 13.1. The van der Waals surface area contributed by atoms with Gasteiger partial charge in [0.2, 0.25) is 0 Å². The van der Waals surface area contributed by atoms with Crippen molar-refractivity contribution in [3.63, 3.8) is 0 Å². The third-order valence-corrected chi connectivity index (χ3v) is 4.35. The molecule has 1 saturated heterocycles. The second-order valence-corrected chi connectivity index (χ2v) is 6.09. The van der Waals surface area contributed by atoms with Crippen LogP contribution in [0.25, 0.3) is 0 Å². The first-order valence-corrected chi connectivity index (χ1v) is 8.08. The largest absolute Gasteiger partial charge is 0.508 e. The van der Waals surface area contributed by atoms with E-state index < -0.39 is 0 Å². The van der Waals surface area contributed by atoms with Gasteiger partial charge in [-0.2, -0.15) is 0 Å². The van der Waals surface area contributed by atoms with Crippen LogP contribution >= 0.6 is 0 Å². The molecular formula is C19H22FNO2. The molecule has 1 aliphatic rings. The van der Waals surface area contributed by atoms with E-state index in [9.17, 15) is 9.50 Å². The van der Waals surface area contributed by atoms with Crippen molar-refractivity contribution in [3.8, 4) is 11.5 Å². The lowest BCUT2D eigenvalue weighted by molar-refractivity contribution is 0.232. The lowest BCUT2D eigenvalue weighted by atomic mass is 9.98. The van der Waals surface area contributed by atoms with Gasteiger partial charge in [-0.15, -0.1) is 0 Å². The van der Waals surface area contributed by atoms with Crippen LogP contribution in [0, 0.1) is 11.7 Å². The number of halogens is 1. The molecule has 2 aromatic carbocycles. The average molecular weight is 315 g/mol. The molecule has 0 bridgehead atoms. The molecule has 1 atom stereocenters. The third kappa shape index (κ3) is 4.45. The first-order valence-electron chi connectivity index (χ1n) is 8.08. The predicted molar refractivity (Wildman–Crippen MR) is 88.3 cm³/mol. The summed E-state index contributed by atoms with van der Waals surface area (Å²) in [5.41, 5.74) is 0.819. The number of hydrogen-bond acceptors (Lipinski definition) is 3. The number of benzene rings is 2. The number of phenols is 1. The Hall–Kier alpha value is -2.07. The first-order chi connectivity index (χ1) is 11.2. The predicted octanol–water partition coefficient (Wildman–Crippen LogP) is 3.47. The summed E-state index contributed by atoms with van der Waals surface area (Å²) >= 11 is 0. The van der Waals surface area contributed by atoms with Crippen LogP contribution in [0.5, 0.6) is 11.5 Å². The van der Waals surface area contributed by atoms with Crippen molar-refractivity contribution in [1.29, 1.82) is 0 Å². The smallest absolute Gasteiger partial charge is 0.126 e. The highest BCUT2D eigenvalue weighted by molar-refractivity contribution is 5.30. The van der Waals surface area contributed by atoms with Crippen LogP contribution in [-0.4, -0.2) is 36.2 Å². The van der Waals surface area contributed by atoms with Crippen LogP contribution < -0.4 is 4.74 Å². The van der Waals surface area contributed by atoms with E-state index in [1.165, 1.54) is 6.07 Å². The molecule has 23 heavy (non-hydrogen) atoms. The molecule has 3 nitrogen and oxygen atoms in total. The summed E-state index contributed by atoms with van der Waals surface area (Å²) in [6.45, 7) is 3.52. The summed E-state index contributed by atoms with van der Waals surface area (Å²) < 4.78 is 19.4. The van der Waals surface area contributed by atoms with Gasteiger partial charge in [0.1, 0.15) is 23.9 Å². The Balaban J connectivity index is 1.41. The van der Waals surface area contributed by atoms with E-state index in [1.807, 2.05) is 12.1 Å². The van der Waals surface area contributed by atoms with Crippen LogP contribution in [0.3, 0.4) is 0 Å². The number of likely N-dealkylation sites (tertiary alicyclic amines) is 1. The SMILES string of the molecule is Oc1ccc(OCCN2CCC(Cc3ccccc3F)C2)cc1. The van der Waals surface area contributed by atoms with Gasteiger partial charge in [0.05, 0.1) is 0 Å². The highest BCUT2D eigenvalue weighted by Crippen LogP contribution is 2.22. The molecule has 3 rings (SSSR count). The topological polar surface area (TPSA) is 32.7 Å². The Morgan fingerprint density at radius 3 is 2.70 bits per heavy atom. The fourth-order valence-corrected chi connectivity index (χ4v) is 3.09.